The summed E-state index contributed by atoms with van der Waals surface area (Å²) in [4.78, 5) is 15.0. The van der Waals surface area contributed by atoms with Crippen LogP contribution >= 0.6 is 39.1 Å². The predicted octanol–water partition coefficient (Wildman–Crippen LogP) is 5.92. The van der Waals surface area contributed by atoms with E-state index < -0.39 is 10.0 Å². The van der Waals surface area contributed by atoms with Crippen LogP contribution in [0.1, 0.15) is 18.1 Å². The maximum absolute atomic E-state index is 13.6. The van der Waals surface area contributed by atoms with Crippen molar-refractivity contribution in [1.82, 2.24) is 4.31 Å². The first-order valence-corrected chi connectivity index (χ1v) is 13.3. The van der Waals surface area contributed by atoms with Crippen LogP contribution < -0.4 is 4.90 Å². The van der Waals surface area contributed by atoms with E-state index in [0.29, 0.717) is 6.42 Å². The van der Waals surface area contributed by atoms with E-state index in [1.165, 1.54) is 18.2 Å². The van der Waals surface area contributed by atoms with Gasteiger partial charge in [-0.05, 0) is 60.9 Å². The number of halogens is 3. The minimum absolute atomic E-state index is 0.0210. The maximum Gasteiger partial charge on any atom is 0.245 e. The molecule has 0 spiro atoms. The Balaban J connectivity index is 1.70. The van der Waals surface area contributed by atoms with Gasteiger partial charge in [-0.1, -0.05) is 69.5 Å². The van der Waals surface area contributed by atoms with Gasteiger partial charge in [0.25, 0.3) is 0 Å². The smallest absolute Gasteiger partial charge is 0.245 e. The zero-order valence-electron chi connectivity index (χ0n) is 17.7. The van der Waals surface area contributed by atoms with Crippen LogP contribution in [0.5, 0.6) is 0 Å². The van der Waals surface area contributed by atoms with Gasteiger partial charge in [0.1, 0.15) is 4.90 Å². The summed E-state index contributed by atoms with van der Waals surface area (Å²) in [6, 6.07) is 19.1. The molecular formula is C24H21BrCl2N2O3S. The second kappa shape index (κ2) is 9.76. The third-order valence-corrected chi connectivity index (χ3v) is 8.55. The zero-order valence-corrected chi connectivity index (χ0v) is 21.6. The van der Waals surface area contributed by atoms with Crippen LogP contribution in [0.4, 0.5) is 5.69 Å². The molecule has 1 unspecified atom stereocenters. The molecule has 33 heavy (non-hydrogen) atoms. The van der Waals surface area contributed by atoms with Crippen molar-refractivity contribution in [3.05, 3.63) is 92.4 Å². The van der Waals surface area contributed by atoms with Crippen molar-refractivity contribution in [1.29, 1.82) is 0 Å². The van der Waals surface area contributed by atoms with Crippen molar-refractivity contribution >= 4 is 60.7 Å². The monoisotopic (exact) mass is 566 g/mol. The minimum Gasteiger partial charge on any atom is -0.308 e. The normalized spacial score (nSPS) is 15.7. The van der Waals surface area contributed by atoms with Gasteiger partial charge in [0.2, 0.25) is 15.9 Å². The Morgan fingerprint density at radius 2 is 1.82 bits per heavy atom. The number of amides is 1. The van der Waals surface area contributed by atoms with Gasteiger partial charge >= 0.3 is 0 Å². The van der Waals surface area contributed by atoms with E-state index in [4.69, 9.17) is 23.2 Å². The van der Waals surface area contributed by atoms with Gasteiger partial charge in [0.05, 0.1) is 11.6 Å². The highest BCUT2D eigenvalue weighted by molar-refractivity contribution is 9.10. The van der Waals surface area contributed by atoms with Gasteiger partial charge in [-0.2, -0.15) is 4.31 Å². The van der Waals surface area contributed by atoms with E-state index in [1.54, 1.807) is 4.90 Å². The van der Waals surface area contributed by atoms with Crippen molar-refractivity contribution < 1.29 is 13.2 Å². The highest BCUT2D eigenvalue weighted by Crippen LogP contribution is 2.35. The molecule has 0 saturated carbocycles. The molecule has 1 atom stereocenters. The molecule has 0 aromatic heterocycles. The first-order valence-electron chi connectivity index (χ1n) is 10.3. The lowest BCUT2D eigenvalue weighted by Crippen LogP contribution is -2.44. The molecule has 1 heterocycles. The summed E-state index contributed by atoms with van der Waals surface area (Å²) in [7, 11) is -4.12. The second-order valence-electron chi connectivity index (χ2n) is 7.92. The van der Waals surface area contributed by atoms with Crippen LogP contribution in [0, 0.1) is 0 Å². The number of anilines is 1. The highest BCUT2D eigenvalue weighted by Gasteiger charge is 2.35. The molecule has 3 aromatic rings. The number of hydrogen-bond donors (Lipinski definition) is 0. The van der Waals surface area contributed by atoms with Gasteiger partial charge in [-0.3, -0.25) is 4.79 Å². The first-order chi connectivity index (χ1) is 15.7. The molecule has 1 aliphatic heterocycles. The summed E-state index contributed by atoms with van der Waals surface area (Å²) in [6.07, 6.45) is 0.700. The molecule has 172 valence electrons. The standard InChI is InChI=1S/C24H21BrCl2N2O3S/c1-16-11-18-12-19(25)7-10-22(18)29(16)24(30)15-28(14-17-5-3-2-4-6-17)33(31,32)23-13-20(26)8-9-21(23)27/h2-10,12-13,16H,11,14-15H2,1H3. The van der Waals surface area contributed by atoms with Gasteiger partial charge in [-0.25, -0.2) is 8.42 Å². The summed E-state index contributed by atoms with van der Waals surface area (Å²) < 4.78 is 29.4. The minimum atomic E-state index is -4.12. The molecule has 0 aliphatic carbocycles. The number of benzene rings is 3. The molecule has 0 bridgehead atoms. The van der Waals surface area contributed by atoms with Crippen LogP contribution in [-0.4, -0.2) is 31.2 Å². The van der Waals surface area contributed by atoms with Gasteiger partial charge in [-0.15, -0.1) is 0 Å². The molecule has 5 nitrogen and oxygen atoms in total. The number of sulfonamides is 1. The third kappa shape index (κ3) is 5.12. The molecular weight excluding hydrogens is 547 g/mol. The largest absolute Gasteiger partial charge is 0.308 e. The summed E-state index contributed by atoms with van der Waals surface area (Å²) in [5, 5.41) is 0.297. The van der Waals surface area contributed by atoms with E-state index in [9.17, 15) is 13.2 Å². The average molecular weight is 568 g/mol. The summed E-state index contributed by atoms with van der Waals surface area (Å²) in [6.45, 7) is 1.64. The highest BCUT2D eigenvalue weighted by atomic mass is 79.9. The van der Waals surface area contributed by atoms with Crippen LogP contribution in [0.2, 0.25) is 10.0 Å². The van der Waals surface area contributed by atoms with Crippen LogP contribution in [-0.2, 0) is 27.8 Å². The Labute approximate surface area is 212 Å². The molecule has 9 heteroatoms. The molecule has 3 aromatic carbocycles. The lowest BCUT2D eigenvalue weighted by atomic mass is 10.1. The van der Waals surface area contributed by atoms with E-state index >= 15 is 0 Å². The molecule has 1 aliphatic rings. The average Bonchev–Trinajstić information content (AvgIpc) is 3.10. The van der Waals surface area contributed by atoms with E-state index in [0.717, 1.165) is 25.6 Å². The van der Waals surface area contributed by atoms with E-state index in [2.05, 4.69) is 15.9 Å². The fraction of sp³-hybridized carbons (Fsp3) is 0.208. The fourth-order valence-electron chi connectivity index (χ4n) is 4.03. The number of hydrogen-bond acceptors (Lipinski definition) is 3. The van der Waals surface area contributed by atoms with Gasteiger partial charge in [0.15, 0.2) is 0 Å². The molecule has 0 N–H and O–H groups in total. The molecule has 0 saturated heterocycles. The number of rotatable bonds is 6. The lowest BCUT2D eigenvalue weighted by Gasteiger charge is -2.28. The van der Waals surface area contributed by atoms with Gasteiger partial charge < -0.3 is 4.90 Å². The summed E-state index contributed by atoms with van der Waals surface area (Å²) in [5.74, 6) is -0.304. The molecule has 0 radical (unpaired) electrons. The molecule has 1 amide bonds. The molecule has 4 rings (SSSR count). The first kappa shape index (κ1) is 24.2. The number of carbonyl (C=O) groups is 1. The number of nitrogens with zero attached hydrogens (tertiary/aromatic N) is 2. The third-order valence-electron chi connectivity index (χ3n) is 5.55. The van der Waals surface area contributed by atoms with E-state index in [1.807, 2.05) is 55.5 Å². The summed E-state index contributed by atoms with van der Waals surface area (Å²) in [5.41, 5.74) is 2.60. The van der Waals surface area contributed by atoms with Crippen molar-refractivity contribution in [2.24, 2.45) is 0 Å². The Morgan fingerprint density at radius 1 is 1.09 bits per heavy atom. The van der Waals surface area contributed by atoms with Crippen molar-refractivity contribution in [2.75, 3.05) is 11.4 Å². The number of carbonyl (C=O) groups excluding carboxylic acids is 1. The Hall–Kier alpha value is -1.90. The van der Waals surface area contributed by atoms with Crippen molar-refractivity contribution in [3.63, 3.8) is 0 Å². The van der Waals surface area contributed by atoms with Crippen molar-refractivity contribution in [2.45, 2.75) is 30.8 Å². The van der Waals surface area contributed by atoms with E-state index in [-0.39, 0.29) is 40.0 Å². The van der Waals surface area contributed by atoms with Crippen LogP contribution in [0.3, 0.4) is 0 Å². The second-order valence-corrected chi connectivity index (χ2v) is 11.6. The van der Waals surface area contributed by atoms with Crippen LogP contribution in [0.15, 0.2) is 76.1 Å². The summed E-state index contributed by atoms with van der Waals surface area (Å²) >= 11 is 15.8. The molecule has 0 fully saturated rings. The predicted molar refractivity (Wildman–Crippen MR) is 135 cm³/mol. The fourth-order valence-corrected chi connectivity index (χ4v) is 6.56. The van der Waals surface area contributed by atoms with Crippen molar-refractivity contribution in [3.8, 4) is 0 Å². The SMILES string of the molecule is CC1Cc2cc(Br)ccc2N1C(=O)CN(Cc1ccccc1)S(=O)(=O)c1cc(Cl)ccc1Cl. The Kier molecular flexibility index (Phi) is 7.17. The Bertz CT molecular complexity index is 1300. The van der Waals surface area contributed by atoms with Gasteiger partial charge in [0, 0.05) is 27.8 Å². The lowest BCUT2D eigenvalue weighted by molar-refractivity contribution is -0.119. The Morgan fingerprint density at radius 3 is 2.55 bits per heavy atom. The quantitative estimate of drug-likeness (QED) is 0.371. The number of fused-ring (bicyclic) bond motifs is 1. The van der Waals surface area contributed by atoms with Crippen LogP contribution in [0.25, 0.3) is 0 Å². The maximum atomic E-state index is 13.6. The topological polar surface area (TPSA) is 57.7 Å². The zero-order chi connectivity index (χ0) is 23.8.